The van der Waals surface area contributed by atoms with Gasteiger partial charge in [-0.1, -0.05) is 28.1 Å². The van der Waals surface area contributed by atoms with Gasteiger partial charge in [-0.25, -0.2) is 9.97 Å². The molecule has 0 unspecified atom stereocenters. The normalized spacial score (nSPS) is 10.3. The predicted molar refractivity (Wildman–Crippen MR) is 83.9 cm³/mol. The predicted octanol–water partition coefficient (Wildman–Crippen LogP) is 2.28. The standard InChI is InChI=1S/C14H17BrN4O/c1-19(9-11-3-2-4-12(15)7-11)14-8-13(16-5-6-20)17-10-18-14/h2-4,7-8,10,20H,5-6,9H2,1H3,(H,16,17,18). The Morgan fingerprint density at radius 1 is 1.30 bits per heavy atom. The molecule has 0 amide bonds. The summed E-state index contributed by atoms with van der Waals surface area (Å²) in [6.07, 6.45) is 1.52. The summed E-state index contributed by atoms with van der Waals surface area (Å²) in [5.74, 6) is 1.55. The maximum Gasteiger partial charge on any atom is 0.134 e. The fraction of sp³-hybridized carbons (Fsp3) is 0.286. The third-order valence-corrected chi connectivity index (χ3v) is 3.26. The van der Waals surface area contributed by atoms with E-state index in [4.69, 9.17) is 5.11 Å². The van der Waals surface area contributed by atoms with Crippen LogP contribution in [-0.4, -0.2) is 35.3 Å². The molecule has 0 radical (unpaired) electrons. The van der Waals surface area contributed by atoms with Crippen molar-refractivity contribution in [3.8, 4) is 0 Å². The van der Waals surface area contributed by atoms with E-state index >= 15 is 0 Å². The molecule has 2 N–H and O–H groups in total. The minimum atomic E-state index is 0.0766. The van der Waals surface area contributed by atoms with E-state index in [0.29, 0.717) is 12.4 Å². The van der Waals surface area contributed by atoms with Crippen LogP contribution in [0.2, 0.25) is 0 Å². The molecule has 0 aliphatic rings. The highest BCUT2D eigenvalue weighted by molar-refractivity contribution is 9.10. The molecule has 1 heterocycles. The first kappa shape index (κ1) is 14.7. The van der Waals surface area contributed by atoms with Crippen molar-refractivity contribution in [2.45, 2.75) is 6.54 Å². The van der Waals surface area contributed by atoms with Crippen LogP contribution in [0.1, 0.15) is 5.56 Å². The fourth-order valence-electron chi connectivity index (χ4n) is 1.83. The number of hydrogen-bond acceptors (Lipinski definition) is 5. The number of aliphatic hydroxyl groups is 1. The van der Waals surface area contributed by atoms with Crippen LogP contribution >= 0.6 is 15.9 Å². The van der Waals surface area contributed by atoms with Crippen molar-refractivity contribution in [2.24, 2.45) is 0 Å². The van der Waals surface area contributed by atoms with Crippen molar-refractivity contribution in [3.05, 3.63) is 46.7 Å². The third kappa shape index (κ3) is 4.18. The molecule has 0 fully saturated rings. The highest BCUT2D eigenvalue weighted by Gasteiger charge is 2.05. The molecule has 6 heteroatoms. The van der Waals surface area contributed by atoms with Crippen molar-refractivity contribution in [3.63, 3.8) is 0 Å². The molecule has 106 valence electrons. The number of benzene rings is 1. The zero-order valence-electron chi connectivity index (χ0n) is 11.3. The highest BCUT2D eigenvalue weighted by Crippen LogP contribution is 2.17. The number of hydrogen-bond donors (Lipinski definition) is 2. The summed E-state index contributed by atoms with van der Waals surface area (Å²) in [7, 11) is 1.99. The number of rotatable bonds is 6. The second kappa shape index (κ2) is 7.21. The first-order valence-electron chi connectivity index (χ1n) is 6.31. The molecule has 0 atom stereocenters. The molecule has 5 nitrogen and oxygen atoms in total. The van der Waals surface area contributed by atoms with Crippen molar-refractivity contribution >= 4 is 27.6 Å². The topological polar surface area (TPSA) is 61.3 Å². The van der Waals surface area contributed by atoms with E-state index in [1.54, 1.807) is 0 Å². The summed E-state index contributed by atoms with van der Waals surface area (Å²) in [6.45, 7) is 1.31. The van der Waals surface area contributed by atoms with Gasteiger partial charge in [-0.05, 0) is 17.7 Å². The van der Waals surface area contributed by atoms with Crippen molar-refractivity contribution in [1.82, 2.24) is 9.97 Å². The second-order valence-corrected chi connectivity index (χ2v) is 5.31. The number of anilines is 2. The summed E-state index contributed by atoms with van der Waals surface area (Å²) in [5.41, 5.74) is 1.20. The lowest BCUT2D eigenvalue weighted by molar-refractivity contribution is 0.311. The zero-order chi connectivity index (χ0) is 14.4. The van der Waals surface area contributed by atoms with E-state index in [1.807, 2.05) is 30.1 Å². The average molecular weight is 337 g/mol. The van der Waals surface area contributed by atoms with Gasteiger partial charge in [-0.15, -0.1) is 0 Å². The lowest BCUT2D eigenvalue weighted by atomic mass is 10.2. The van der Waals surface area contributed by atoms with Crippen LogP contribution in [0.25, 0.3) is 0 Å². The van der Waals surface area contributed by atoms with Crippen LogP contribution in [0.15, 0.2) is 41.1 Å². The Labute approximate surface area is 126 Å². The van der Waals surface area contributed by atoms with Crippen molar-refractivity contribution in [1.29, 1.82) is 0 Å². The first-order valence-corrected chi connectivity index (χ1v) is 7.10. The summed E-state index contributed by atoms with van der Waals surface area (Å²) in [6, 6.07) is 10.1. The van der Waals surface area contributed by atoms with Gasteiger partial charge in [0.2, 0.25) is 0 Å². The Kier molecular flexibility index (Phi) is 5.31. The van der Waals surface area contributed by atoms with Gasteiger partial charge in [0.1, 0.15) is 18.0 Å². The van der Waals surface area contributed by atoms with Crippen LogP contribution in [0.4, 0.5) is 11.6 Å². The van der Waals surface area contributed by atoms with Gasteiger partial charge in [-0.3, -0.25) is 0 Å². The largest absolute Gasteiger partial charge is 0.395 e. The summed E-state index contributed by atoms with van der Waals surface area (Å²) in [4.78, 5) is 10.4. The van der Waals surface area contributed by atoms with Crippen LogP contribution in [0, 0.1) is 0 Å². The molecule has 20 heavy (non-hydrogen) atoms. The summed E-state index contributed by atoms with van der Waals surface area (Å²) < 4.78 is 1.07. The number of aliphatic hydroxyl groups excluding tert-OH is 1. The van der Waals surface area contributed by atoms with Gasteiger partial charge in [0, 0.05) is 30.7 Å². The maximum absolute atomic E-state index is 8.81. The molecule has 1 aromatic heterocycles. The smallest absolute Gasteiger partial charge is 0.134 e. The Morgan fingerprint density at radius 2 is 2.15 bits per heavy atom. The molecule has 2 rings (SSSR count). The second-order valence-electron chi connectivity index (χ2n) is 4.40. The van der Waals surface area contributed by atoms with Gasteiger partial charge in [-0.2, -0.15) is 0 Å². The third-order valence-electron chi connectivity index (χ3n) is 2.77. The molecule has 0 spiro atoms. The molecular formula is C14H17BrN4O. The van der Waals surface area contributed by atoms with Crippen molar-refractivity contribution < 1.29 is 5.11 Å². The first-order chi connectivity index (χ1) is 9.69. The minimum absolute atomic E-state index is 0.0766. The highest BCUT2D eigenvalue weighted by atomic mass is 79.9. The average Bonchev–Trinajstić information content (AvgIpc) is 2.45. The number of aromatic nitrogens is 2. The Balaban J connectivity index is 2.06. The Hall–Kier alpha value is -1.66. The van der Waals surface area contributed by atoms with E-state index in [2.05, 4.69) is 43.3 Å². The molecule has 2 aromatic rings. The SMILES string of the molecule is CN(Cc1cccc(Br)c1)c1cc(NCCO)ncn1. The van der Waals surface area contributed by atoms with E-state index < -0.39 is 0 Å². The Bertz CT molecular complexity index is 564. The lowest BCUT2D eigenvalue weighted by Crippen LogP contribution is -2.18. The van der Waals surface area contributed by atoms with E-state index in [9.17, 15) is 0 Å². The molecule has 0 saturated carbocycles. The van der Waals surface area contributed by atoms with E-state index in [0.717, 1.165) is 16.8 Å². The minimum Gasteiger partial charge on any atom is -0.395 e. The van der Waals surface area contributed by atoms with Crippen LogP contribution in [0.3, 0.4) is 0 Å². The zero-order valence-corrected chi connectivity index (χ0v) is 12.8. The molecular weight excluding hydrogens is 320 g/mol. The van der Waals surface area contributed by atoms with Crippen LogP contribution in [-0.2, 0) is 6.54 Å². The van der Waals surface area contributed by atoms with Gasteiger partial charge in [0.05, 0.1) is 6.61 Å². The molecule has 0 aliphatic carbocycles. The van der Waals surface area contributed by atoms with Gasteiger partial charge >= 0.3 is 0 Å². The van der Waals surface area contributed by atoms with Crippen LogP contribution in [0.5, 0.6) is 0 Å². The molecule has 0 aliphatic heterocycles. The number of nitrogens with zero attached hydrogens (tertiary/aromatic N) is 3. The lowest BCUT2D eigenvalue weighted by Gasteiger charge is -2.18. The summed E-state index contributed by atoms with van der Waals surface area (Å²) in [5, 5.41) is 11.8. The molecule has 0 bridgehead atoms. The molecule has 1 aromatic carbocycles. The summed E-state index contributed by atoms with van der Waals surface area (Å²) >= 11 is 3.47. The van der Waals surface area contributed by atoms with Crippen molar-refractivity contribution in [2.75, 3.05) is 30.4 Å². The van der Waals surface area contributed by atoms with Gasteiger partial charge in [0.15, 0.2) is 0 Å². The number of halogens is 1. The van der Waals surface area contributed by atoms with E-state index in [-0.39, 0.29) is 6.61 Å². The van der Waals surface area contributed by atoms with Gasteiger partial charge in [0.25, 0.3) is 0 Å². The van der Waals surface area contributed by atoms with Gasteiger partial charge < -0.3 is 15.3 Å². The van der Waals surface area contributed by atoms with Crippen LogP contribution < -0.4 is 10.2 Å². The maximum atomic E-state index is 8.81. The van der Waals surface area contributed by atoms with E-state index in [1.165, 1.54) is 11.9 Å². The quantitative estimate of drug-likeness (QED) is 0.847. The number of nitrogens with one attached hydrogen (secondary N) is 1. The Morgan fingerprint density at radius 3 is 2.90 bits per heavy atom. The molecule has 0 saturated heterocycles. The monoisotopic (exact) mass is 336 g/mol. The fourth-order valence-corrected chi connectivity index (χ4v) is 2.27.